The van der Waals surface area contributed by atoms with Gasteiger partial charge < -0.3 is 4.74 Å². The van der Waals surface area contributed by atoms with E-state index < -0.39 is 0 Å². The van der Waals surface area contributed by atoms with E-state index in [2.05, 4.69) is 18.6 Å². The first kappa shape index (κ1) is 13.2. The molecule has 0 spiro atoms. The molecule has 0 aromatic carbocycles. The fraction of sp³-hybridized carbons (Fsp3) is 0.889. The van der Waals surface area contributed by atoms with Gasteiger partial charge in [-0.3, -0.25) is 4.72 Å². The number of unbranched alkanes of at least 4 members (excludes halogenated alkanes) is 2. The maximum Gasteiger partial charge on any atom is 0.235 e. The van der Waals surface area contributed by atoms with E-state index in [0.29, 0.717) is 4.38 Å². The van der Waals surface area contributed by atoms with Crippen LogP contribution < -0.4 is 4.72 Å². The highest BCUT2D eigenvalue weighted by atomic mass is 32.2. The zero-order chi connectivity index (χ0) is 9.94. The first-order valence-electron chi connectivity index (χ1n) is 4.87. The third kappa shape index (κ3) is 10.1. The number of hydrogen-bond acceptors (Lipinski definition) is 4. The van der Waals surface area contributed by atoms with Gasteiger partial charge in [0.15, 0.2) is 0 Å². The molecule has 1 N–H and O–H groups in total. The van der Waals surface area contributed by atoms with Gasteiger partial charge in [0.25, 0.3) is 0 Å². The van der Waals surface area contributed by atoms with Crippen molar-refractivity contribution >= 4 is 28.5 Å². The zero-order valence-electron chi connectivity index (χ0n) is 8.47. The smallest absolute Gasteiger partial charge is 0.235 e. The third-order valence-electron chi connectivity index (χ3n) is 1.51. The summed E-state index contributed by atoms with van der Waals surface area (Å²) in [5, 5.41) is 0. The third-order valence-corrected chi connectivity index (χ3v) is 2.51. The maximum absolute atomic E-state index is 5.29. The molecule has 13 heavy (non-hydrogen) atoms. The van der Waals surface area contributed by atoms with E-state index in [0.717, 1.165) is 26.0 Å². The van der Waals surface area contributed by atoms with Crippen LogP contribution in [0.25, 0.3) is 0 Å². The van der Waals surface area contributed by atoms with Crippen LogP contribution in [0.15, 0.2) is 0 Å². The van der Waals surface area contributed by atoms with Crippen LogP contribution in [0.4, 0.5) is 0 Å². The minimum Gasteiger partial charge on any atom is -0.478 e. The predicted octanol–water partition coefficient (Wildman–Crippen LogP) is 3.13. The monoisotopic (exact) mass is 221 g/mol. The van der Waals surface area contributed by atoms with Gasteiger partial charge in [-0.1, -0.05) is 26.7 Å². The van der Waals surface area contributed by atoms with Gasteiger partial charge in [-0.15, -0.1) is 0 Å². The average molecular weight is 221 g/mol. The van der Waals surface area contributed by atoms with Crippen LogP contribution in [0.1, 0.15) is 39.5 Å². The van der Waals surface area contributed by atoms with Crippen molar-refractivity contribution in [1.29, 1.82) is 0 Å². The number of ether oxygens (including phenoxy) is 1. The van der Waals surface area contributed by atoms with Gasteiger partial charge in [0.05, 0.1) is 6.61 Å². The summed E-state index contributed by atoms with van der Waals surface area (Å²) >= 11 is 6.42. The van der Waals surface area contributed by atoms with Crippen molar-refractivity contribution in [2.45, 2.75) is 39.5 Å². The molecule has 0 amide bonds. The minimum absolute atomic E-state index is 0.615. The molecule has 0 aliphatic rings. The van der Waals surface area contributed by atoms with E-state index in [4.69, 9.17) is 17.0 Å². The van der Waals surface area contributed by atoms with Gasteiger partial charge in [0, 0.05) is 18.5 Å². The molecule has 0 aliphatic heterocycles. The first-order valence-corrected chi connectivity index (χ1v) is 6.10. The maximum atomic E-state index is 5.29. The molecule has 0 aliphatic carbocycles. The summed E-state index contributed by atoms with van der Waals surface area (Å²) in [6.07, 6.45) is 4.62. The van der Waals surface area contributed by atoms with Gasteiger partial charge in [-0.25, -0.2) is 0 Å². The molecular weight excluding hydrogens is 202 g/mol. The van der Waals surface area contributed by atoms with Crippen molar-refractivity contribution in [3.8, 4) is 0 Å². The van der Waals surface area contributed by atoms with Crippen molar-refractivity contribution in [2.75, 3.05) is 13.2 Å². The van der Waals surface area contributed by atoms with E-state index in [1.165, 1.54) is 24.8 Å². The molecule has 0 heterocycles. The van der Waals surface area contributed by atoms with Crippen LogP contribution in [0.3, 0.4) is 0 Å². The molecule has 4 heteroatoms. The lowest BCUT2D eigenvalue weighted by atomic mass is 10.3. The topological polar surface area (TPSA) is 21.3 Å². The Kier molecular flexibility index (Phi) is 10.4. The number of nitrogens with one attached hydrogen (secondary N) is 1. The van der Waals surface area contributed by atoms with Crippen LogP contribution in [0.5, 0.6) is 0 Å². The Hall–Kier alpha value is 0.200. The second-order valence-electron chi connectivity index (χ2n) is 2.80. The molecule has 0 unspecified atom stereocenters. The average Bonchev–Trinajstić information content (AvgIpc) is 2.13. The molecule has 2 nitrogen and oxygen atoms in total. The summed E-state index contributed by atoms with van der Waals surface area (Å²) in [4.78, 5) is 0. The van der Waals surface area contributed by atoms with Crippen molar-refractivity contribution in [1.82, 2.24) is 4.72 Å². The highest BCUT2D eigenvalue weighted by Gasteiger charge is 1.96. The Morgan fingerprint density at radius 2 is 2.00 bits per heavy atom. The molecule has 0 saturated carbocycles. The summed E-state index contributed by atoms with van der Waals surface area (Å²) in [6, 6.07) is 0. The van der Waals surface area contributed by atoms with Gasteiger partial charge in [0.2, 0.25) is 4.38 Å². The largest absolute Gasteiger partial charge is 0.478 e. The predicted molar refractivity (Wildman–Crippen MR) is 64.0 cm³/mol. The first-order chi connectivity index (χ1) is 6.31. The molecule has 0 atom stereocenters. The Balaban J connectivity index is 3.11. The SMILES string of the molecule is CCCCNSC(=S)OCCCC. The molecular formula is C9H19NOS2. The van der Waals surface area contributed by atoms with Gasteiger partial charge in [0.1, 0.15) is 0 Å². The Labute approximate surface area is 90.9 Å². The molecule has 78 valence electrons. The Morgan fingerprint density at radius 1 is 1.31 bits per heavy atom. The number of hydrogen-bond donors (Lipinski definition) is 1. The van der Waals surface area contributed by atoms with Crippen LogP contribution >= 0.6 is 24.2 Å². The zero-order valence-corrected chi connectivity index (χ0v) is 10.1. The van der Waals surface area contributed by atoms with E-state index in [1.54, 1.807) is 0 Å². The van der Waals surface area contributed by atoms with Crippen molar-refractivity contribution in [3.05, 3.63) is 0 Å². The molecule has 0 rings (SSSR count). The second-order valence-corrected chi connectivity index (χ2v) is 4.29. The van der Waals surface area contributed by atoms with Gasteiger partial charge in [-0.05, 0) is 25.1 Å². The van der Waals surface area contributed by atoms with Crippen molar-refractivity contribution in [2.24, 2.45) is 0 Å². The van der Waals surface area contributed by atoms with E-state index in [1.807, 2.05) is 0 Å². The van der Waals surface area contributed by atoms with Crippen molar-refractivity contribution < 1.29 is 4.74 Å². The van der Waals surface area contributed by atoms with Crippen LogP contribution in [0, 0.1) is 0 Å². The molecule has 0 radical (unpaired) electrons. The fourth-order valence-electron chi connectivity index (χ4n) is 0.688. The minimum atomic E-state index is 0.615. The molecule has 0 aromatic heterocycles. The lowest BCUT2D eigenvalue weighted by Crippen LogP contribution is -2.10. The van der Waals surface area contributed by atoms with E-state index in [-0.39, 0.29) is 0 Å². The van der Waals surface area contributed by atoms with Crippen LogP contribution in [-0.2, 0) is 4.74 Å². The summed E-state index contributed by atoms with van der Waals surface area (Å²) < 4.78 is 9.07. The standard InChI is InChI=1S/C9H19NOS2/c1-3-5-7-10-13-9(12)11-8-6-4-2/h10H,3-8H2,1-2H3. The molecule has 0 fully saturated rings. The number of rotatable bonds is 7. The summed E-state index contributed by atoms with van der Waals surface area (Å²) in [6.45, 7) is 6.05. The summed E-state index contributed by atoms with van der Waals surface area (Å²) in [5.74, 6) is 0. The molecule has 0 aromatic rings. The van der Waals surface area contributed by atoms with Crippen molar-refractivity contribution in [3.63, 3.8) is 0 Å². The number of thiocarbonyl (C=S) groups is 1. The Bertz CT molecular complexity index is 131. The lowest BCUT2D eigenvalue weighted by Gasteiger charge is -2.06. The van der Waals surface area contributed by atoms with E-state index in [9.17, 15) is 0 Å². The second kappa shape index (κ2) is 10.3. The highest BCUT2D eigenvalue weighted by Crippen LogP contribution is 2.02. The molecule has 0 saturated heterocycles. The Morgan fingerprint density at radius 3 is 2.62 bits per heavy atom. The highest BCUT2D eigenvalue weighted by molar-refractivity contribution is 8.21. The quantitative estimate of drug-likeness (QED) is 0.405. The van der Waals surface area contributed by atoms with E-state index >= 15 is 0 Å². The summed E-state index contributed by atoms with van der Waals surface area (Å²) in [5.41, 5.74) is 0. The summed E-state index contributed by atoms with van der Waals surface area (Å²) in [7, 11) is 0. The van der Waals surface area contributed by atoms with Crippen LogP contribution in [-0.4, -0.2) is 17.5 Å². The lowest BCUT2D eigenvalue weighted by molar-refractivity contribution is 0.313. The van der Waals surface area contributed by atoms with Gasteiger partial charge in [-0.2, -0.15) is 0 Å². The molecule has 0 bridgehead atoms. The van der Waals surface area contributed by atoms with Crippen LogP contribution in [0.2, 0.25) is 0 Å². The van der Waals surface area contributed by atoms with Gasteiger partial charge >= 0.3 is 0 Å². The normalized spacial score (nSPS) is 10.0. The fourth-order valence-corrected chi connectivity index (χ4v) is 1.45.